The zero-order valence-electron chi connectivity index (χ0n) is 18.6. The van der Waals surface area contributed by atoms with Gasteiger partial charge in [-0.05, 0) is 78.0 Å². The van der Waals surface area contributed by atoms with Crippen LogP contribution in [0.3, 0.4) is 0 Å². The van der Waals surface area contributed by atoms with Crippen LogP contribution in [0.1, 0.15) is 51.7 Å². The van der Waals surface area contributed by atoms with Crippen molar-refractivity contribution in [2.75, 3.05) is 6.61 Å². The summed E-state index contributed by atoms with van der Waals surface area (Å²) in [5, 5.41) is 2.88. The fourth-order valence-electron chi connectivity index (χ4n) is 2.99. The van der Waals surface area contributed by atoms with E-state index in [0.29, 0.717) is 18.2 Å². The molecule has 0 saturated heterocycles. The Bertz CT molecular complexity index is 898. The number of nitrogens with zero attached hydrogens (tertiary/aromatic N) is 1. The molecule has 7 heteroatoms. The highest BCUT2D eigenvalue weighted by atomic mass is 79.9. The maximum absolute atomic E-state index is 13.1. The van der Waals surface area contributed by atoms with Gasteiger partial charge in [-0.1, -0.05) is 48.0 Å². The van der Waals surface area contributed by atoms with Gasteiger partial charge in [0.05, 0.1) is 4.47 Å². The molecule has 0 radical (unpaired) electrons. The number of benzene rings is 2. The summed E-state index contributed by atoms with van der Waals surface area (Å²) in [7, 11) is 0. The second kappa shape index (κ2) is 11.7. The van der Waals surface area contributed by atoms with Crippen LogP contribution in [0.25, 0.3) is 0 Å². The van der Waals surface area contributed by atoms with E-state index < -0.39 is 6.04 Å². The van der Waals surface area contributed by atoms with Crippen LogP contribution < -0.4 is 10.1 Å². The van der Waals surface area contributed by atoms with Crippen molar-refractivity contribution >= 4 is 43.7 Å². The molecule has 168 valence electrons. The van der Waals surface area contributed by atoms with Crippen molar-refractivity contribution in [3.63, 3.8) is 0 Å². The highest BCUT2D eigenvalue weighted by molar-refractivity contribution is 9.10. The summed E-state index contributed by atoms with van der Waals surface area (Å²) < 4.78 is 7.56. The predicted molar refractivity (Wildman–Crippen MR) is 131 cm³/mol. The molecule has 0 saturated carbocycles. The van der Waals surface area contributed by atoms with E-state index in [1.165, 1.54) is 5.56 Å². The summed E-state index contributed by atoms with van der Waals surface area (Å²) in [6.07, 6.45) is 0. The van der Waals surface area contributed by atoms with Crippen molar-refractivity contribution in [1.29, 1.82) is 0 Å². The number of amides is 2. The first-order valence-corrected chi connectivity index (χ1v) is 11.9. The molecule has 0 unspecified atom stereocenters. The maximum atomic E-state index is 13.1. The summed E-state index contributed by atoms with van der Waals surface area (Å²) >= 11 is 6.95. The number of halogens is 2. The lowest BCUT2D eigenvalue weighted by Crippen LogP contribution is -2.50. The number of hydrogen-bond acceptors (Lipinski definition) is 3. The van der Waals surface area contributed by atoms with Gasteiger partial charge in [0.25, 0.3) is 5.91 Å². The second-order valence-electron chi connectivity index (χ2n) is 8.12. The van der Waals surface area contributed by atoms with Gasteiger partial charge in [-0.15, -0.1) is 0 Å². The zero-order chi connectivity index (χ0) is 23.1. The number of rotatable bonds is 9. The van der Waals surface area contributed by atoms with Crippen LogP contribution in [0, 0.1) is 0 Å². The molecule has 0 aliphatic rings. The molecule has 31 heavy (non-hydrogen) atoms. The molecule has 2 aromatic carbocycles. The SMILES string of the molecule is CC(C)NC(=O)[C@@H](C)N(Cc1ccc(Br)cc1)C(=O)COc1ccc(C(C)C)cc1Br. The van der Waals surface area contributed by atoms with Gasteiger partial charge in [0.15, 0.2) is 6.61 Å². The summed E-state index contributed by atoms with van der Waals surface area (Å²) in [4.78, 5) is 27.3. The highest BCUT2D eigenvalue weighted by Gasteiger charge is 2.27. The monoisotopic (exact) mass is 552 g/mol. The Morgan fingerprint density at radius 3 is 2.19 bits per heavy atom. The largest absolute Gasteiger partial charge is 0.483 e. The Labute approximate surface area is 201 Å². The number of carbonyl (C=O) groups is 2. The van der Waals surface area contributed by atoms with Gasteiger partial charge in [0.2, 0.25) is 5.91 Å². The minimum absolute atomic E-state index is 0.00809. The summed E-state index contributed by atoms with van der Waals surface area (Å²) in [5.74, 6) is 0.548. The van der Waals surface area contributed by atoms with E-state index in [2.05, 4.69) is 51.0 Å². The molecular weight excluding hydrogens is 524 g/mol. The van der Waals surface area contributed by atoms with Crippen molar-refractivity contribution < 1.29 is 14.3 Å². The van der Waals surface area contributed by atoms with Crippen LogP contribution in [-0.4, -0.2) is 35.4 Å². The molecule has 0 heterocycles. The van der Waals surface area contributed by atoms with Crippen molar-refractivity contribution in [3.8, 4) is 5.75 Å². The summed E-state index contributed by atoms with van der Waals surface area (Å²) in [6.45, 7) is 9.93. The third-order valence-corrected chi connectivity index (χ3v) is 5.99. The molecule has 0 spiro atoms. The van der Waals surface area contributed by atoms with Crippen LogP contribution >= 0.6 is 31.9 Å². The molecule has 2 rings (SSSR count). The average molecular weight is 554 g/mol. The zero-order valence-corrected chi connectivity index (χ0v) is 21.8. The smallest absolute Gasteiger partial charge is 0.261 e. The van der Waals surface area contributed by atoms with E-state index in [4.69, 9.17) is 4.74 Å². The lowest BCUT2D eigenvalue weighted by atomic mass is 10.0. The Hall–Kier alpha value is -1.86. The third kappa shape index (κ3) is 7.65. The quantitative estimate of drug-likeness (QED) is 0.436. The van der Waals surface area contributed by atoms with Crippen molar-refractivity contribution in [1.82, 2.24) is 10.2 Å². The minimum atomic E-state index is -0.631. The fourth-order valence-corrected chi connectivity index (χ4v) is 3.77. The first-order valence-electron chi connectivity index (χ1n) is 10.3. The lowest BCUT2D eigenvalue weighted by molar-refractivity contribution is -0.142. The standard InChI is InChI=1S/C24H30Br2N2O3/c1-15(2)19-8-11-22(21(26)12-19)31-14-23(29)28(17(5)24(30)27-16(3)4)13-18-6-9-20(25)10-7-18/h6-12,15-17H,13-14H2,1-5H3,(H,27,30)/t17-/m1/s1. The van der Waals surface area contributed by atoms with E-state index in [1.807, 2.05) is 56.3 Å². The first kappa shape index (κ1) is 25.4. The van der Waals surface area contributed by atoms with Gasteiger partial charge in [-0.3, -0.25) is 9.59 Å². The molecule has 0 bridgehead atoms. The maximum Gasteiger partial charge on any atom is 0.261 e. The first-order chi connectivity index (χ1) is 14.6. The van der Waals surface area contributed by atoms with E-state index in [9.17, 15) is 9.59 Å². The Morgan fingerprint density at radius 2 is 1.65 bits per heavy atom. The summed E-state index contributed by atoms with van der Waals surface area (Å²) in [5.41, 5.74) is 2.12. The van der Waals surface area contributed by atoms with Gasteiger partial charge in [-0.2, -0.15) is 0 Å². The second-order valence-corrected chi connectivity index (χ2v) is 9.89. The number of hydrogen-bond donors (Lipinski definition) is 1. The molecule has 0 aliphatic heterocycles. The molecule has 2 aromatic rings. The summed E-state index contributed by atoms with van der Waals surface area (Å²) in [6, 6.07) is 12.9. The van der Waals surface area contributed by atoms with Crippen molar-refractivity contribution in [2.24, 2.45) is 0 Å². The van der Waals surface area contributed by atoms with E-state index in [-0.39, 0.29) is 24.5 Å². The van der Waals surface area contributed by atoms with Gasteiger partial charge < -0.3 is 15.0 Å². The van der Waals surface area contributed by atoms with Gasteiger partial charge in [-0.25, -0.2) is 0 Å². The Morgan fingerprint density at radius 1 is 1.00 bits per heavy atom. The van der Waals surface area contributed by atoms with Gasteiger partial charge in [0.1, 0.15) is 11.8 Å². The highest BCUT2D eigenvalue weighted by Crippen LogP contribution is 2.29. The molecule has 0 aromatic heterocycles. The Balaban J connectivity index is 2.16. The van der Waals surface area contributed by atoms with Crippen LogP contribution in [0.2, 0.25) is 0 Å². The fraction of sp³-hybridized carbons (Fsp3) is 0.417. The third-order valence-electron chi connectivity index (χ3n) is 4.84. The topological polar surface area (TPSA) is 58.6 Å². The van der Waals surface area contributed by atoms with E-state index >= 15 is 0 Å². The Kier molecular flexibility index (Phi) is 9.56. The minimum Gasteiger partial charge on any atom is -0.483 e. The molecule has 0 aliphatic carbocycles. The van der Waals surface area contributed by atoms with Crippen LogP contribution in [0.4, 0.5) is 0 Å². The molecule has 2 amide bonds. The number of nitrogens with one attached hydrogen (secondary N) is 1. The van der Waals surface area contributed by atoms with Gasteiger partial charge in [0, 0.05) is 17.1 Å². The average Bonchev–Trinajstić information content (AvgIpc) is 2.71. The molecule has 1 atom stereocenters. The molecule has 0 fully saturated rings. The van der Waals surface area contributed by atoms with E-state index in [0.717, 1.165) is 14.5 Å². The number of carbonyl (C=O) groups excluding carboxylic acids is 2. The van der Waals surface area contributed by atoms with E-state index in [1.54, 1.807) is 11.8 Å². The van der Waals surface area contributed by atoms with Crippen molar-refractivity contribution in [3.05, 3.63) is 62.5 Å². The lowest BCUT2D eigenvalue weighted by Gasteiger charge is -2.29. The van der Waals surface area contributed by atoms with Gasteiger partial charge >= 0.3 is 0 Å². The normalized spacial score (nSPS) is 12.0. The van der Waals surface area contributed by atoms with Crippen molar-refractivity contribution in [2.45, 2.75) is 59.2 Å². The number of ether oxygens (including phenoxy) is 1. The molecule has 5 nitrogen and oxygen atoms in total. The molecular formula is C24H30Br2N2O3. The van der Waals surface area contributed by atoms with Crippen LogP contribution in [0.5, 0.6) is 5.75 Å². The van der Waals surface area contributed by atoms with Crippen LogP contribution in [0.15, 0.2) is 51.4 Å². The predicted octanol–water partition coefficient (Wildman–Crippen LogP) is 5.66. The molecule has 1 N–H and O–H groups in total. The van der Waals surface area contributed by atoms with Crippen LogP contribution in [-0.2, 0) is 16.1 Å².